The Morgan fingerprint density at radius 1 is 1.30 bits per heavy atom. The van der Waals surface area contributed by atoms with Crippen LogP contribution >= 0.6 is 12.4 Å². The van der Waals surface area contributed by atoms with Crippen LogP contribution in [-0.4, -0.2) is 43.2 Å². The Bertz CT molecular complexity index is 514. The second-order valence-electron chi connectivity index (χ2n) is 6.57. The largest absolute Gasteiger partial charge is 0.366 e. The van der Waals surface area contributed by atoms with Crippen molar-refractivity contribution in [1.82, 2.24) is 10.2 Å². The molecule has 0 bridgehead atoms. The molecule has 0 saturated carbocycles. The predicted octanol–water partition coefficient (Wildman–Crippen LogP) is 2.70. The zero-order valence-electron chi connectivity index (χ0n) is 14.0. The molecule has 4 nitrogen and oxygen atoms in total. The lowest BCUT2D eigenvalue weighted by Gasteiger charge is -2.42. The van der Waals surface area contributed by atoms with Crippen LogP contribution in [0.2, 0.25) is 0 Å². The van der Waals surface area contributed by atoms with E-state index in [1.165, 1.54) is 17.5 Å². The highest BCUT2D eigenvalue weighted by Gasteiger charge is 2.36. The number of halogens is 1. The maximum Gasteiger partial charge on any atom is 0.253 e. The number of hydrogen-bond donors (Lipinski definition) is 1. The summed E-state index contributed by atoms with van der Waals surface area (Å²) in [6.07, 6.45) is 1.92. The highest BCUT2D eigenvalue weighted by atomic mass is 35.5. The first-order chi connectivity index (χ1) is 10.7. The topological polar surface area (TPSA) is 41.6 Å². The van der Waals surface area contributed by atoms with Gasteiger partial charge < -0.3 is 15.0 Å². The standard InChI is InChI=1S/C18H26N2O2.ClH/c1-13-5-7-15(8-6-13)17-14(2)4-3-10-20(17)18(21)16-12-19-9-11-22-16;/h5-8,14,16-17,19H,3-4,9-12H2,1-2H3;1H. The number of benzene rings is 1. The summed E-state index contributed by atoms with van der Waals surface area (Å²) in [5.74, 6) is 0.626. The van der Waals surface area contributed by atoms with Crippen molar-refractivity contribution in [3.05, 3.63) is 35.4 Å². The first-order valence-corrected chi connectivity index (χ1v) is 8.36. The van der Waals surface area contributed by atoms with Gasteiger partial charge >= 0.3 is 0 Å². The van der Waals surface area contributed by atoms with Gasteiger partial charge in [0, 0.05) is 19.6 Å². The zero-order chi connectivity index (χ0) is 15.5. The minimum Gasteiger partial charge on any atom is -0.366 e. The number of nitrogens with zero attached hydrogens (tertiary/aromatic N) is 1. The molecule has 2 fully saturated rings. The minimum absolute atomic E-state index is 0. The fraction of sp³-hybridized carbons (Fsp3) is 0.611. The predicted molar refractivity (Wildman–Crippen MR) is 93.9 cm³/mol. The maximum atomic E-state index is 12.9. The number of hydrogen-bond acceptors (Lipinski definition) is 3. The number of piperidine rings is 1. The summed E-state index contributed by atoms with van der Waals surface area (Å²) in [6, 6.07) is 8.78. The van der Waals surface area contributed by atoms with E-state index >= 15 is 0 Å². The van der Waals surface area contributed by atoms with Gasteiger partial charge in [0.2, 0.25) is 0 Å². The zero-order valence-corrected chi connectivity index (χ0v) is 14.8. The molecule has 1 N–H and O–H groups in total. The lowest BCUT2D eigenvalue weighted by molar-refractivity contribution is -0.150. The quantitative estimate of drug-likeness (QED) is 0.901. The molecule has 0 spiro atoms. The van der Waals surface area contributed by atoms with E-state index in [1.807, 2.05) is 0 Å². The van der Waals surface area contributed by atoms with Crippen molar-refractivity contribution in [3.8, 4) is 0 Å². The van der Waals surface area contributed by atoms with E-state index in [9.17, 15) is 4.79 Å². The number of rotatable bonds is 2. The molecular formula is C18H27ClN2O2. The number of nitrogens with one attached hydrogen (secondary N) is 1. The van der Waals surface area contributed by atoms with Crippen molar-refractivity contribution in [3.63, 3.8) is 0 Å². The van der Waals surface area contributed by atoms with Gasteiger partial charge in [0.15, 0.2) is 0 Å². The van der Waals surface area contributed by atoms with Crippen molar-refractivity contribution in [2.45, 2.75) is 38.8 Å². The van der Waals surface area contributed by atoms with E-state index in [0.717, 1.165) is 19.5 Å². The Morgan fingerprint density at radius 2 is 2.04 bits per heavy atom. The Hall–Kier alpha value is -1.10. The van der Waals surface area contributed by atoms with Crippen molar-refractivity contribution in [2.75, 3.05) is 26.2 Å². The molecule has 3 rings (SSSR count). The Balaban J connectivity index is 0.00000192. The van der Waals surface area contributed by atoms with Crippen LogP contribution in [0.1, 0.15) is 36.9 Å². The number of amides is 1. The van der Waals surface area contributed by atoms with Gasteiger partial charge in [-0.15, -0.1) is 12.4 Å². The molecule has 23 heavy (non-hydrogen) atoms. The third-order valence-electron chi connectivity index (χ3n) is 4.84. The number of ether oxygens (including phenoxy) is 1. The van der Waals surface area contributed by atoms with E-state index in [1.54, 1.807) is 0 Å². The van der Waals surface area contributed by atoms with Gasteiger partial charge in [0.1, 0.15) is 6.10 Å². The van der Waals surface area contributed by atoms with Crippen LogP contribution in [0.4, 0.5) is 0 Å². The molecule has 2 aliphatic heterocycles. The monoisotopic (exact) mass is 338 g/mol. The van der Waals surface area contributed by atoms with Gasteiger partial charge in [-0.2, -0.15) is 0 Å². The van der Waals surface area contributed by atoms with Crippen LogP contribution in [0.15, 0.2) is 24.3 Å². The third-order valence-corrected chi connectivity index (χ3v) is 4.84. The Morgan fingerprint density at radius 3 is 2.70 bits per heavy atom. The van der Waals surface area contributed by atoms with Gasteiger partial charge in [0.25, 0.3) is 5.91 Å². The van der Waals surface area contributed by atoms with Crippen molar-refractivity contribution < 1.29 is 9.53 Å². The Kier molecular flexibility index (Phi) is 6.45. The van der Waals surface area contributed by atoms with E-state index in [-0.39, 0.29) is 30.5 Å². The molecule has 128 valence electrons. The van der Waals surface area contributed by atoms with E-state index in [0.29, 0.717) is 19.1 Å². The summed E-state index contributed by atoms with van der Waals surface area (Å²) in [6.45, 7) is 7.27. The summed E-state index contributed by atoms with van der Waals surface area (Å²) in [7, 11) is 0. The second-order valence-corrected chi connectivity index (χ2v) is 6.57. The van der Waals surface area contributed by atoms with E-state index in [2.05, 4.69) is 48.3 Å². The van der Waals surface area contributed by atoms with Crippen LogP contribution < -0.4 is 5.32 Å². The number of carbonyl (C=O) groups is 1. The summed E-state index contributed by atoms with van der Waals surface area (Å²) >= 11 is 0. The summed E-state index contributed by atoms with van der Waals surface area (Å²) < 4.78 is 5.68. The Labute approximate surface area is 145 Å². The highest BCUT2D eigenvalue weighted by Crippen LogP contribution is 2.36. The van der Waals surface area contributed by atoms with Crippen LogP contribution in [0.3, 0.4) is 0 Å². The normalized spacial score (nSPS) is 28.1. The molecular weight excluding hydrogens is 312 g/mol. The first kappa shape index (κ1) is 18.2. The number of morpholine rings is 1. The smallest absolute Gasteiger partial charge is 0.253 e. The second kappa shape index (κ2) is 8.13. The lowest BCUT2D eigenvalue weighted by atomic mass is 9.85. The third kappa shape index (κ3) is 4.06. The molecule has 0 radical (unpaired) electrons. The minimum atomic E-state index is -0.327. The van der Waals surface area contributed by atoms with Crippen LogP contribution in [-0.2, 0) is 9.53 Å². The molecule has 3 atom stereocenters. The molecule has 1 aromatic carbocycles. The van der Waals surface area contributed by atoms with Crippen LogP contribution in [0.5, 0.6) is 0 Å². The van der Waals surface area contributed by atoms with Crippen molar-refractivity contribution in [2.24, 2.45) is 5.92 Å². The van der Waals surface area contributed by atoms with Crippen LogP contribution in [0.25, 0.3) is 0 Å². The summed E-state index contributed by atoms with van der Waals surface area (Å²) in [5.41, 5.74) is 2.50. The average molecular weight is 339 g/mol. The molecule has 3 unspecified atom stereocenters. The molecule has 0 aliphatic carbocycles. The van der Waals surface area contributed by atoms with Crippen molar-refractivity contribution >= 4 is 18.3 Å². The molecule has 5 heteroatoms. The molecule has 2 saturated heterocycles. The highest BCUT2D eigenvalue weighted by molar-refractivity contribution is 5.85. The number of carbonyl (C=O) groups excluding carboxylic acids is 1. The fourth-order valence-corrected chi connectivity index (χ4v) is 3.62. The SMILES string of the molecule is Cc1ccc(C2C(C)CCCN2C(=O)C2CNCCO2)cc1.Cl. The molecule has 2 aliphatic rings. The van der Waals surface area contributed by atoms with Gasteiger partial charge in [-0.05, 0) is 31.2 Å². The van der Waals surface area contributed by atoms with E-state index in [4.69, 9.17) is 4.74 Å². The molecule has 1 amide bonds. The number of likely N-dealkylation sites (tertiary alicyclic amines) is 1. The molecule has 2 heterocycles. The molecule has 0 aromatic heterocycles. The van der Waals surface area contributed by atoms with Gasteiger partial charge in [0.05, 0.1) is 12.6 Å². The van der Waals surface area contributed by atoms with Crippen molar-refractivity contribution in [1.29, 1.82) is 0 Å². The maximum absolute atomic E-state index is 12.9. The van der Waals surface area contributed by atoms with Gasteiger partial charge in [-0.25, -0.2) is 0 Å². The van der Waals surface area contributed by atoms with Crippen LogP contribution in [0, 0.1) is 12.8 Å². The number of aryl methyl sites for hydroxylation is 1. The first-order valence-electron chi connectivity index (χ1n) is 8.36. The summed E-state index contributed by atoms with van der Waals surface area (Å²) in [5, 5.41) is 3.26. The fourth-order valence-electron chi connectivity index (χ4n) is 3.62. The summed E-state index contributed by atoms with van der Waals surface area (Å²) in [4.78, 5) is 15.0. The van der Waals surface area contributed by atoms with Gasteiger partial charge in [-0.1, -0.05) is 36.8 Å². The molecule has 1 aromatic rings. The van der Waals surface area contributed by atoms with E-state index < -0.39 is 0 Å². The lowest BCUT2D eigenvalue weighted by Crippen LogP contribution is -2.52. The average Bonchev–Trinajstić information content (AvgIpc) is 2.56. The van der Waals surface area contributed by atoms with Gasteiger partial charge in [-0.3, -0.25) is 4.79 Å².